The highest BCUT2D eigenvalue weighted by Gasteiger charge is 2.42. The molecule has 1 aliphatic heterocycles. The molecule has 0 bridgehead atoms. The Hall–Kier alpha value is -1.17. The molecule has 1 aromatic carbocycles. The first-order chi connectivity index (χ1) is 10.2. The Balaban J connectivity index is 2.42. The van der Waals surface area contributed by atoms with Crippen LogP contribution in [0, 0.1) is 5.82 Å². The number of methoxy groups -OCH3 is 2. The van der Waals surface area contributed by atoms with Crippen LogP contribution < -0.4 is 10.1 Å². The average molecular weight is 297 g/mol. The largest absolute Gasteiger partial charge is 0.494 e. The lowest BCUT2D eigenvalue weighted by Gasteiger charge is -2.43. The minimum absolute atomic E-state index is 0.230. The molecule has 1 atom stereocenters. The summed E-state index contributed by atoms with van der Waals surface area (Å²) in [5, 5.41) is 3.38. The second-order valence-electron chi connectivity index (χ2n) is 5.24. The van der Waals surface area contributed by atoms with Crippen LogP contribution in [-0.4, -0.2) is 39.6 Å². The van der Waals surface area contributed by atoms with Gasteiger partial charge in [-0.2, -0.15) is 0 Å². The highest BCUT2D eigenvalue weighted by Crippen LogP contribution is 2.39. The minimum Gasteiger partial charge on any atom is -0.494 e. The van der Waals surface area contributed by atoms with Gasteiger partial charge in [0.25, 0.3) is 0 Å². The Morgan fingerprint density at radius 3 is 2.62 bits per heavy atom. The Labute approximate surface area is 125 Å². The Morgan fingerprint density at radius 1 is 1.33 bits per heavy atom. The molecule has 0 radical (unpaired) electrons. The Morgan fingerprint density at radius 2 is 2.05 bits per heavy atom. The van der Waals surface area contributed by atoms with Crippen LogP contribution in [-0.2, 0) is 9.47 Å². The summed E-state index contributed by atoms with van der Waals surface area (Å²) >= 11 is 0. The smallest absolute Gasteiger partial charge is 0.169 e. The van der Waals surface area contributed by atoms with E-state index in [1.165, 1.54) is 7.11 Å². The monoisotopic (exact) mass is 297 g/mol. The van der Waals surface area contributed by atoms with Crippen LogP contribution >= 0.6 is 0 Å². The molecule has 0 aliphatic carbocycles. The second kappa shape index (κ2) is 7.20. The molecule has 1 fully saturated rings. The fourth-order valence-corrected chi connectivity index (χ4v) is 3.02. The van der Waals surface area contributed by atoms with Crippen molar-refractivity contribution in [3.8, 4) is 5.75 Å². The molecule has 1 unspecified atom stereocenters. The number of hydrogen-bond donors (Lipinski definition) is 1. The van der Waals surface area contributed by atoms with Crippen LogP contribution in [0.1, 0.15) is 31.4 Å². The second-order valence-corrected chi connectivity index (χ2v) is 5.24. The molecule has 118 valence electrons. The summed E-state index contributed by atoms with van der Waals surface area (Å²) in [4.78, 5) is 0. The van der Waals surface area contributed by atoms with Crippen LogP contribution in [0.2, 0.25) is 0 Å². The zero-order chi connectivity index (χ0) is 15.3. The fourth-order valence-electron chi connectivity index (χ4n) is 3.02. The first-order valence-corrected chi connectivity index (χ1v) is 7.37. The SMILES string of the molecule is CCNC(c1cccc(OC)c1F)C1(OC)CCOCC1. The van der Waals surface area contributed by atoms with E-state index in [4.69, 9.17) is 14.2 Å². The van der Waals surface area contributed by atoms with Crippen LogP contribution in [0.3, 0.4) is 0 Å². The summed E-state index contributed by atoms with van der Waals surface area (Å²) in [6.45, 7) is 3.99. The van der Waals surface area contributed by atoms with E-state index in [1.807, 2.05) is 13.0 Å². The van der Waals surface area contributed by atoms with Gasteiger partial charge in [-0.3, -0.25) is 0 Å². The van der Waals surface area contributed by atoms with E-state index in [9.17, 15) is 4.39 Å². The van der Waals surface area contributed by atoms with E-state index in [2.05, 4.69) is 5.32 Å². The number of halogens is 1. The van der Waals surface area contributed by atoms with Crippen LogP contribution in [0.25, 0.3) is 0 Å². The van der Waals surface area contributed by atoms with Gasteiger partial charge in [0.1, 0.15) is 0 Å². The van der Waals surface area contributed by atoms with Gasteiger partial charge in [0.15, 0.2) is 11.6 Å². The van der Waals surface area contributed by atoms with Gasteiger partial charge in [0.05, 0.1) is 18.8 Å². The highest BCUT2D eigenvalue weighted by atomic mass is 19.1. The highest BCUT2D eigenvalue weighted by molar-refractivity contribution is 5.34. The summed E-state index contributed by atoms with van der Waals surface area (Å²) in [6, 6.07) is 5.00. The molecule has 1 saturated heterocycles. The predicted molar refractivity (Wildman–Crippen MR) is 79.2 cm³/mol. The predicted octanol–water partition coefficient (Wildman–Crippen LogP) is 2.68. The van der Waals surface area contributed by atoms with Crippen molar-refractivity contribution in [1.82, 2.24) is 5.32 Å². The van der Waals surface area contributed by atoms with E-state index in [0.29, 0.717) is 18.8 Å². The molecule has 0 spiro atoms. The van der Waals surface area contributed by atoms with Crippen molar-refractivity contribution < 1.29 is 18.6 Å². The number of likely N-dealkylation sites (N-methyl/N-ethyl adjacent to an activating group) is 1. The third-order valence-electron chi connectivity index (χ3n) is 4.20. The molecule has 21 heavy (non-hydrogen) atoms. The normalized spacial score (nSPS) is 19.2. The topological polar surface area (TPSA) is 39.7 Å². The van der Waals surface area contributed by atoms with Gasteiger partial charge in [-0.15, -0.1) is 0 Å². The first kappa shape index (κ1) is 16.2. The lowest BCUT2D eigenvalue weighted by Crippen LogP contribution is -2.49. The fraction of sp³-hybridized carbons (Fsp3) is 0.625. The molecule has 1 N–H and O–H groups in total. The van der Waals surface area contributed by atoms with Crippen LogP contribution in [0.15, 0.2) is 18.2 Å². The maximum atomic E-state index is 14.7. The van der Waals surface area contributed by atoms with Crippen LogP contribution in [0.4, 0.5) is 4.39 Å². The quantitative estimate of drug-likeness (QED) is 0.876. The molecule has 1 aliphatic rings. The van der Waals surface area contributed by atoms with Gasteiger partial charge < -0.3 is 19.5 Å². The summed E-state index contributed by atoms with van der Waals surface area (Å²) in [5.74, 6) is -0.0671. The first-order valence-electron chi connectivity index (χ1n) is 7.37. The third-order valence-corrected chi connectivity index (χ3v) is 4.20. The van der Waals surface area contributed by atoms with Gasteiger partial charge in [0, 0.05) is 38.7 Å². The molecule has 0 saturated carbocycles. The number of rotatable bonds is 6. The molecule has 1 aromatic rings. The zero-order valence-corrected chi connectivity index (χ0v) is 12.9. The number of nitrogens with one attached hydrogen (secondary N) is 1. The van der Waals surface area contributed by atoms with E-state index >= 15 is 0 Å². The molecular weight excluding hydrogens is 273 g/mol. The van der Waals surface area contributed by atoms with Crippen molar-refractivity contribution in [3.05, 3.63) is 29.6 Å². The van der Waals surface area contributed by atoms with Crippen molar-refractivity contribution in [3.63, 3.8) is 0 Å². The number of hydrogen-bond acceptors (Lipinski definition) is 4. The van der Waals surface area contributed by atoms with Gasteiger partial charge in [-0.25, -0.2) is 4.39 Å². The lowest BCUT2D eigenvalue weighted by molar-refractivity contribution is -0.112. The molecule has 2 rings (SSSR count). The molecule has 1 heterocycles. The van der Waals surface area contributed by atoms with Crippen molar-refractivity contribution in [2.75, 3.05) is 34.0 Å². The maximum absolute atomic E-state index is 14.7. The maximum Gasteiger partial charge on any atom is 0.169 e. The minimum atomic E-state index is -0.457. The molecule has 5 heteroatoms. The van der Waals surface area contributed by atoms with Crippen molar-refractivity contribution in [1.29, 1.82) is 0 Å². The van der Waals surface area contributed by atoms with E-state index in [-0.39, 0.29) is 17.6 Å². The van der Waals surface area contributed by atoms with Crippen molar-refractivity contribution >= 4 is 0 Å². The van der Waals surface area contributed by atoms with Gasteiger partial charge in [-0.1, -0.05) is 19.1 Å². The van der Waals surface area contributed by atoms with Gasteiger partial charge in [-0.05, 0) is 12.6 Å². The van der Waals surface area contributed by atoms with E-state index in [0.717, 1.165) is 19.4 Å². The van der Waals surface area contributed by atoms with Crippen molar-refractivity contribution in [2.45, 2.75) is 31.4 Å². The summed E-state index contributed by atoms with van der Waals surface area (Å²) in [6.07, 6.45) is 1.47. The molecule has 0 amide bonds. The van der Waals surface area contributed by atoms with Gasteiger partial charge >= 0.3 is 0 Å². The summed E-state index contributed by atoms with van der Waals surface area (Å²) in [5.41, 5.74) is 0.126. The molecule has 4 nitrogen and oxygen atoms in total. The van der Waals surface area contributed by atoms with E-state index < -0.39 is 5.60 Å². The zero-order valence-electron chi connectivity index (χ0n) is 12.9. The number of benzene rings is 1. The van der Waals surface area contributed by atoms with E-state index in [1.54, 1.807) is 19.2 Å². The van der Waals surface area contributed by atoms with Crippen molar-refractivity contribution in [2.24, 2.45) is 0 Å². The standard InChI is InChI=1S/C16H24FNO3/c1-4-18-15(16(20-3)8-10-21-11-9-16)12-6-5-7-13(19-2)14(12)17/h5-7,15,18H,4,8-11H2,1-3H3. The lowest BCUT2D eigenvalue weighted by atomic mass is 9.81. The summed E-state index contributed by atoms with van der Waals surface area (Å²) in [7, 11) is 3.17. The Kier molecular flexibility index (Phi) is 5.56. The average Bonchev–Trinajstić information content (AvgIpc) is 2.54. The number of ether oxygens (including phenoxy) is 3. The molecule has 0 aromatic heterocycles. The third kappa shape index (κ3) is 3.20. The Bertz CT molecular complexity index is 461. The van der Waals surface area contributed by atoms with Crippen LogP contribution in [0.5, 0.6) is 5.75 Å². The summed E-state index contributed by atoms with van der Waals surface area (Å²) < 4.78 is 31.0. The van der Waals surface area contributed by atoms with Gasteiger partial charge in [0.2, 0.25) is 0 Å². The molecular formula is C16H24FNO3.